The average Bonchev–Trinajstić information content (AvgIpc) is 3.17. The van der Waals surface area contributed by atoms with E-state index in [2.05, 4.69) is 19.8 Å². The molecule has 23 heavy (non-hydrogen) atoms. The van der Waals surface area contributed by atoms with E-state index in [0.717, 1.165) is 5.56 Å². The van der Waals surface area contributed by atoms with Crippen molar-refractivity contribution in [2.75, 3.05) is 23.8 Å². The van der Waals surface area contributed by atoms with Gasteiger partial charge in [0.05, 0.1) is 6.54 Å². The Bertz CT molecular complexity index is 799. The quantitative estimate of drug-likeness (QED) is 0.774. The summed E-state index contributed by atoms with van der Waals surface area (Å²) < 4.78 is 9.24. The molecule has 7 nitrogen and oxygen atoms in total. The van der Waals surface area contributed by atoms with Crippen LogP contribution in [0.4, 0.5) is 10.9 Å². The minimum Gasteiger partial charge on any atom is -0.360 e. The summed E-state index contributed by atoms with van der Waals surface area (Å²) in [5.74, 6) is 1.51. The third kappa shape index (κ3) is 3.72. The van der Waals surface area contributed by atoms with Crippen LogP contribution in [0.25, 0.3) is 11.4 Å². The highest BCUT2D eigenvalue weighted by Gasteiger charge is 2.14. The number of amides is 1. The van der Waals surface area contributed by atoms with Gasteiger partial charge in [-0.1, -0.05) is 35.5 Å². The number of benzene rings is 1. The molecule has 1 aromatic carbocycles. The maximum absolute atomic E-state index is 12.0. The summed E-state index contributed by atoms with van der Waals surface area (Å²) in [6.07, 6.45) is 0. The molecule has 0 unspecified atom stereocenters. The van der Waals surface area contributed by atoms with E-state index in [1.54, 1.807) is 24.9 Å². The largest absolute Gasteiger partial charge is 0.360 e. The summed E-state index contributed by atoms with van der Waals surface area (Å²) in [5, 5.41) is 7.08. The van der Waals surface area contributed by atoms with Crippen molar-refractivity contribution >= 4 is 28.4 Å². The van der Waals surface area contributed by atoms with Crippen molar-refractivity contribution < 1.29 is 9.32 Å². The molecule has 0 aliphatic heterocycles. The fourth-order valence-electron chi connectivity index (χ4n) is 1.97. The standard InChI is InChI=1S/C15H15N5O2S/c1-10-8-12(18-22-10)16-13(21)9-20(2)15-17-14(19-23-15)11-6-4-3-5-7-11/h3-8H,9H2,1-2H3,(H,16,18,21). The number of nitrogens with one attached hydrogen (secondary N) is 1. The monoisotopic (exact) mass is 329 g/mol. The Morgan fingerprint density at radius 2 is 2.13 bits per heavy atom. The minimum absolute atomic E-state index is 0.148. The van der Waals surface area contributed by atoms with E-state index >= 15 is 0 Å². The Morgan fingerprint density at radius 1 is 1.35 bits per heavy atom. The van der Waals surface area contributed by atoms with Gasteiger partial charge in [0, 0.05) is 30.2 Å². The van der Waals surface area contributed by atoms with E-state index in [4.69, 9.17) is 4.52 Å². The minimum atomic E-state index is -0.197. The average molecular weight is 329 g/mol. The molecule has 0 aliphatic carbocycles. The van der Waals surface area contributed by atoms with Crippen molar-refractivity contribution in [1.29, 1.82) is 0 Å². The van der Waals surface area contributed by atoms with E-state index in [9.17, 15) is 4.79 Å². The van der Waals surface area contributed by atoms with E-state index in [0.29, 0.717) is 22.5 Å². The third-order valence-electron chi connectivity index (χ3n) is 3.05. The van der Waals surface area contributed by atoms with Gasteiger partial charge in [-0.05, 0) is 6.92 Å². The fourth-order valence-corrected chi connectivity index (χ4v) is 2.61. The number of aryl methyl sites for hydroxylation is 1. The van der Waals surface area contributed by atoms with Crippen LogP contribution in [0.1, 0.15) is 5.76 Å². The molecule has 8 heteroatoms. The van der Waals surface area contributed by atoms with Gasteiger partial charge in [0.1, 0.15) is 5.76 Å². The first kappa shape index (κ1) is 15.2. The number of hydrogen-bond acceptors (Lipinski definition) is 7. The van der Waals surface area contributed by atoms with Gasteiger partial charge in [-0.25, -0.2) is 0 Å². The lowest BCUT2D eigenvalue weighted by molar-refractivity contribution is -0.115. The van der Waals surface area contributed by atoms with Crippen LogP contribution in [0, 0.1) is 6.92 Å². The van der Waals surface area contributed by atoms with E-state index in [1.807, 2.05) is 30.3 Å². The maximum atomic E-state index is 12.0. The number of aromatic nitrogens is 3. The Hall–Kier alpha value is -2.74. The van der Waals surface area contributed by atoms with E-state index < -0.39 is 0 Å². The van der Waals surface area contributed by atoms with Gasteiger partial charge in [-0.3, -0.25) is 4.79 Å². The van der Waals surface area contributed by atoms with Crippen molar-refractivity contribution in [2.45, 2.75) is 6.92 Å². The Balaban J connectivity index is 1.63. The Morgan fingerprint density at radius 3 is 2.83 bits per heavy atom. The Kier molecular flexibility index (Phi) is 4.33. The van der Waals surface area contributed by atoms with Crippen LogP contribution >= 0.6 is 11.5 Å². The Labute approximate surface area is 137 Å². The van der Waals surface area contributed by atoms with Gasteiger partial charge in [-0.15, -0.1) is 0 Å². The lowest BCUT2D eigenvalue weighted by Crippen LogP contribution is -2.30. The van der Waals surface area contributed by atoms with Gasteiger partial charge < -0.3 is 14.7 Å². The zero-order valence-electron chi connectivity index (χ0n) is 12.7. The topological polar surface area (TPSA) is 84.2 Å². The molecular formula is C15H15N5O2S. The second-order valence-corrected chi connectivity index (χ2v) is 5.72. The van der Waals surface area contributed by atoms with Crippen LogP contribution in [0.5, 0.6) is 0 Å². The molecule has 0 atom stereocenters. The molecule has 1 N–H and O–H groups in total. The van der Waals surface area contributed by atoms with Crippen LogP contribution in [0.2, 0.25) is 0 Å². The molecule has 118 valence electrons. The number of likely N-dealkylation sites (N-methyl/N-ethyl adjacent to an activating group) is 1. The molecule has 0 fully saturated rings. The summed E-state index contributed by atoms with van der Waals surface area (Å²) in [4.78, 5) is 18.2. The molecule has 0 bridgehead atoms. The van der Waals surface area contributed by atoms with E-state index in [1.165, 1.54) is 11.5 Å². The van der Waals surface area contributed by atoms with Crippen molar-refractivity contribution in [1.82, 2.24) is 14.5 Å². The molecule has 0 radical (unpaired) electrons. The van der Waals surface area contributed by atoms with Crippen LogP contribution in [-0.2, 0) is 4.79 Å². The predicted octanol–water partition coefficient (Wildman–Crippen LogP) is 2.58. The SMILES string of the molecule is Cc1cc(NC(=O)CN(C)c2nc(-c3ccccc3)ns2)no1. The first-order valence-corrected chi connectivity index (χ1v) is 7.72. The molecule has 2 aromatic heterocycles. The molecule has 3 rings (SSSR count). The zero-order valence-corrected chi connectivity index (χ0v) is 13.5. The zero-order chi connectivity index (χ0) is 16.2. The molecule has 0 saturated heterocycles. The summed E-state index contributed by atoms with van der Waals surface area (Å²) in [6.45, 7) is 1.91. The fraction of sp³-hybridized carbons (Fsp3) is 0.200. The lowest BCUT2D eigenvalue weighted by Gasteiger charge is -2.13. The molecule has 3 aromatic rings. The highest BCUT2D eigenvalue weighted by molar-refractivity contribution is 7.09. The first-order chi connectivity index (χ1) is 11.1. The predicted molar refractivity (Wildman–Crippen MR) is 88.5 cm³/mol. The number of rotatable bonds is 5. The molecule has 0 saturated carbocycles. The van der Waals surface area contributed by atoms with Crippen molar-refractivity contribution in [3.8, 4) is 11.4 Å². The number of hydrogen-bond donors (Lipinski definition) is 1. The molecule has 1 amide bonds. The van der Waals surface area contributed by atoms with Gasteiger partial charge in [0.15, 0.2) is 11.6 Å². The third-order valence-corrected chi connectivity index (χ3v) is 3.88. The number of carbonyl (C=O) groups is 1. The van der Waals surface area contributed by atoms with Crippen LogP contribution < -0.4 is 10.2 Å². The second-order valence-electron chi connectivity index (χ2n) is 4.99. The van der Waals surface area contributed by atoms with Crippen LogP contribution in [-0.4, -0.2) is 34.0 Å². The first-order valence-electron chi connectivity index (χ1n) is 6.95. The van der Waals surface area contributed by atoms with E-state index in [-0.39, 0.29) is 12.5 Å². The van der Waals surface area contributed by atoms with Gasteiger partial charge in [0.2, 0.25) is 11.0 Å². The van der Waals surface area contributed by atoms with Gasteiger partial charge in [-0.2, -0.15) is 9.36 Å². The number of carbonyl (C=O) groups excluding carboxylic acids is 1. The molecular weight excluding hydrogens is 314 g/mol. The normalized spacial score (nSPS) is 10.5. The van der Waals surface area contributed by atoms with Gasteiger partial charge in [0.25, 0.3) is 0 Å². The summed E-state index contributed by atoms with van der Waals surface area (Å²) in [7, 11) is 1.79. The summed E-state index contributed by atoms with van der Waals surface area (Å²) in [5.41, 5.74) is 0.950. The maximum Gasteiger partial charge on any atom is 0.245 e. The molecule has 2 heterocycles. The summed E-state index contributed by atoms with van der Waals surface area (Å²) >= 11 is 1.26. The molecule has 0 aliphatic rings. The smallest absolute Gasteiger partial charge is 0.245 e. The van der Waals surface area contributed by atoms with Gasteiger partial charge >= 0.3 is 0 Å². The number of anilines is 2. The second kappa shape index (κ2) is 6.57. The molecule has 0 spiro atoms. The highest BCUT2D eigenvalue weighted by atomic mass is 32.1. The highest BCUT2D eigenvalue weighted by Crippen LogP contribution is 2.22. The summed E-state index contributed by atoms with van der Waals surface area (Å²) in [6, 6.07) is 11.4. The lowest BCUT2D eigenvalue weighted by atomic mass is 10.2. The number of nitrogens with zero attached hydrogens (tertiary/aromatic N) is 4. The van der Waals surface area contributed by atoms with Crippen molar-refractivity contribution in [3.63, 3.8) is 0 Å². The van der Waals surface area contributed by atoms with Crippen molar-refractivity contribution in [2.24, 2.45) is 0 Å². The van der Waals surface area contributed by atoms with Crippen LogP contribution in [0.3, 0.4) is 0 Å². The van der Waals surface area contributed by atoms with Crippen LogP contribution in [0.15, 0.2) is 40.9 Å². The van der Waals surface area contributed by atoms with Crippen molar-refractivity contribution in [3.05, 3.63) is 42.2 Å².